The van der Waals surface area contributed by atoms with Gasteiger partial charge in [-0.1, -0.05) is 12.1 Å². The van der Waals surface area contributed by atoms with Crippen molar-refractivity contribution in [3.63, 3.8) is 0 Å². The van der Waals surface area contributed by atoms with Gasteiger partial charge in [0.15, 0.2) is 0 Å². The van der Waals surface area contributed by atoms with E-state index in [0.29, 0.717) is 13.1 Å². The van der Waals surface area contributed by atoms with E-state index in [1.54, 1.807) is 55.4 Å². The SMILES string of the molecule is CN(Cc1cnn(C)c1)S(=O)(=O)c1ccc(CCN)cc1. The van der Waals surface area contributed by atoms with Crippen LogP contribution in [0.5, 0.6) is 0 Å². The van der Waals surface area contributed by atoms with E-state index in [-0.39, 0.29) is 4.90 Å². The van der Waals surface area contributed by atoms with Crippen LogP contribution in [0.25, 0.3) is 0 Å². The topological polar surface area (TPSA) is 81.2 Å². The Morgan fingerprint density at radius 2 is 1.90 bits per heavy atom. The summed E-state index contributed by atoms with van der Waals surface area (Å²) in [5.41, 5.74) is 7.37. The zero-order valence-electron chi connectivity index (χ0n) is 12.2. The Bertz CT molecular complexity index is 692. The van der Waals surface area contributed by atoms with E-state index in [1.807, 2.05) is 0 Å². The van der Waals surface area contributed by atoms with Gasteiger partial charge >= 0.3 is 0 Å². The predicted molar refractivity (Wildman–Crippen MR) is 81.1 cm³/mol. The molecule has 0 amide bonds. The molecule has 2 N–H and O–H groups in total. The number of hydrogen-bond acceptors (Lipinski definition) is 4. The lowest BCUT2D eigenvalue weighted by Gasteiger charge is -2.16. The van der Waals surface area contributed by atoms with Gasteiger partial charge in [-0.05, 0) is 30.7 Å². The predicted octanol–water partition coefficient (Wildman–Crippen LogP) is 0.742. The van der Waals surface area contributed by atoms with Gasteiger partial charge in [0.2, 0.25) is 10.0 Å². The van der Waals surface area contributed by atoms with E-state index in [0.717, 1.165) is 17.5 Å². The largest absolute Gasteiger partial charge is 0.330 e. The fourth-order valence-electron chi connectivity index (χ4n) is 2.07. The number of hydrogen-bond donors (Lipinski definition) is 1. The van der Waals surface area contributed by atoms with Crippen molar-refractivity contribution in [3.05, 3.63) is 47.8 Å². The highest BCUT2D eigenvalue weighted by Crippen LogP contribution is 2.17. The zero-order valence-corrected chi connectivity index (χ0v) is 13.0. The van der Waals surface area contributed by atoms with Crippen LogP contribution in [0.3, 0.4) is 0 Å². The molecule has 0 aliphatic rings. The Hall–Kier alpha value is -1.70. The second kappa shape index (κ2) is 6.38. The third-order valence-corrected chi connectivity index (χ3v) is 5.05. The molecule has 114 valence electrons. The van der Waals surface area contributed by atoms with Gasteiger partial charge < -0.3 is 5.73 Å². The summed E-state index contributed by atoms with van der Waals surface area (Å²) in [4.78, 5) is 0.287. The molecule has 1 aromatic heterocycles. The van der Waals surface area contributed by atoms with E-state index in [2.05, 4.69) is 5.10 Å². The summed E-state index contributed by atoms with van der Waals surface area (Å²) in [6.07, 6.45) is 4.21. The molecule has 21 heavy (non-hydrogen) atoms. The van der Waals surface area contributed by atoms with Crippen molar-refractivity contribution in [1.82, 2.24) is 14.1 Å². The lowest BCUT2D eigenvalue weighted by Crippen LogP contribution is -2.26. The Balaban J connectivity index is 2.16. The molecule has 1 aromatic carbocycles. The molecule has 6 nitrogen and oxygen atoms in total. The van der Waals surface area contributed by atoms with Crippen LogP contribution in [-0.4, -0.2) is 36.1 Å². The Morgan fingerprint density at radius 3 is 2.43 bits per heavy atom. The van der Waals surface area contributed by atoms with Crippen LogP contribution >= 0.6 is 0 Å². The fraction of sp³-hybridized carbons (Fsp3) is 0.357. The van der Waals surface area contributed by atoms with Crippen molar-refractivity contribution in [2.45, 2.75) is 17.9 Å². The van der Waals surface area contributed by atoms with Gasteiger partial charge in [0.25, 0.3) is 0 Å². The lowest BCUT2D eigenvalue weighted by atomic mass is 10.2. The quantitative estimate of drug-likeness (QED) is 0.853. The van der Waals surface area contributed by atoms with Gasteiger partial charge in [0.05, 0.1) is 11.1 Å². The van der Waals surface area contributed by atoms with E-state index < -0.39 is 10.0 Å². The number of sulfonamides is 1. The molecule has 2 rings (SSSR count). The number of benzene rings is 1. The van der Waals surface area contributed by atoms with E-state index in [1.165, 1.54) is 4.31 Å². The molecule has 7 heteroatoms. The Kier molecular flexibility index (Phi) is 4.76. The molecule has 0 bridgehead atoms. The van der Waals surface area contributed by atoms with Gasteiger partial charge in [-0.15, -0.1) is 0 Å². The van der Waals surface area contributed by atoms with Crippen LogP contribution in [0.4, 0.5) is 0 Å². The summed E-state index contributed by atoms with van der Waals surface area (Å²) in [5, 5.41) is 4.04. The fourth-order valence-corrected chi connectivity index (χ4v) is 3.23. The minimum Gasteiger partial charge on any atom is -0.330 e. The zero-order chi connectivity index (χ0) is 15.5. The second-order valence-electron chi connectivity index (χ2n) is 4.97. The minimum absolute atomic E-state index is 0.287. The first kappa shape index (κ1) is 15.7. The molecule has 0 aliphatic heterocycles. The first-order chi connectivity index (χ1) is 9.93. The molecular weight excluding hydrogens is 288 g/mol. The molecule has 1 heterocycles. The van der Waals surface area contributed by atoms with Crippen LogP contribution in [0.2, 0.25) is 0 Å². The first-order valence-electron chi connectivity index (χ1n) is 6.66. The Labute approximate surface area is 125 Å². The molecular formula is C14H20N4O2S. The number of aromatic nitrogens is 2. The van der Waals surface area contributed by atoms with Crippen LogP contribution in [0, 0.1) is 0 Å². The summed E-state index contributed by atoms with van der Waals surface area (Å²) >= 11 is 0. The van der Waals surface area contributed by atoms with Crippen molar-refractivity contribution < 1.29 is 8.42 Å². The average Bonchev–Trinajstić information content (AvgIpc) is 2.85. The number of nitrogens with zero attached hydrogens (tertiary/aromatic N) is 3. The summed E-state index contributed by atoms with van der Waals surface area (Å²) < 4.78 is 27.9. The van der Waals surface area contributed by atoms with Crippen molar-refractivity contribution in [2.24, 2.45) is 12.8 Å². The maximum atomic E-state index is 12.5. The first-order valence-corrected chi connectivity index (χ1v) is 8.10. The van der Waals surface area contributed by atoms with Gasteiger partial charge in [-0.2, -0.15) is 9.40 Å². The van der Waals surface area contributed by atoms with Gasteiger partial charge in [-0.3, -0.25) is 4.68 Å². The summed E-state index contributed by atoms with van der Waals surface area (Å²) in [6, 6.07) is 6.86. The molecule has 2 aromatic rings. The lowest BCUT2D eigenvalue weighted by molar-refractivity contribution is 0.466. The monoisotopic (exact) mass is 308 g/mol. The van der Waals surface area contributed by atoms with Gasteiger partial charge in [0, 0.05) is 32.4 Å². The molecule has 0 aliphatic carbocycles. The molecule has 0 spiro atoms. The van der Waals surface area contributed by atoms with Gasteiger partial charge in [0.1, 0.15) is 0 Å². The summed E-state index contributed by atoms with van der Waals surface area (Å²) in [7, 11) is -0.129. The summed E-state index contributed by atoms with van der Waals surface area (Å²) in [6.45, 7) is 0.841. The molecule has 0 fully saturated rings. The standard InChI is InChI=1S/C14H20N4O2S/c1-17-10-13(9-16-17)11-18(2)21(19,20)14-5-3-12(4-6-14)7-8-15/h3-6,9-10H,7-8,11,15H2,1-2H3. The number of nitrogens with two attached hydrogens (primary N) is 1. The third kappa shape index (κ3) is 3.69. The second-order valence-corrected chi connectivity index (χ2v) is 7.01. The molecule has 0 saturated carbocycles. The maximum absolute atomic E-state index is 12.5. The van der Waals surface area contributed by atoms with E-state index >= 15 is 0 Å². The number of rotatable bonds is 6. The van der Waals surface area contributed by atoms with Crippen molar-refractivity contribution in [1.29, 1.82) is 0 Å². The van der Waals surface area contributed by atoms with Crippen LogP contribution in [0.1, 0.15) is 11.1 Å². The normalized spacial score (nSPS) is 12.0. The Morgan fingerprint density at radius 1 is 1.24 bits per heavy atom. The highest BCUT2D eigenvalue weighted by Gasteiger charge is 2.21. The summed E-state index contributed by atoms with van der Waals surface area (Å²) in [5.74, 6) is 0. The maximum Gasteiger partial charge on any atom is 0.243 e. The highest BCUT2D eigenvalue weighted by molar-refractivity contribution is 7.89. The van der Waals surface area contributed by atoms with Crippen molar-refractivity contribution >= 4 is 10.0 Å². The van der Waals surface area contributed by atoms with Gasteiger partial charge in [-0.25, -0.2) is 8.42 Å². The average molecular weight is 308 g/mol. The van der Waals surface area contributed by atoms with Crippen LogP contribution in [0.15, 0.2) is 41.6 Å². The molecule has 0 unspecified atom stereocenters. The van der Waals surface area contributed by atoms with E-state index in [4.69, 9.17) is 5.73 Å². The minimum atomic E-state index is -3.49. The smallest absolute Gasteiger partial charge is 0.243 e. The van der Waals surface area contributed by atoms with E-state index in [9.17, 15) is 8.42 Å². The highest BCUT2D eigenvalue weighted by atomic mass is 32.2. The third-order valence-electron chi connectivity index (χ3n) is 3.23. The number of aryl methyl sites for hydroxylation is 1. The molecule has 0 radical (unpaired) electrons. The molecule has 0 saturated heterocycles. The van der Waals surface area contributed by atoms with Crippen LogP contribution in [-0.2, 0) is 30.0 Å². The van der Waals surface area contributed by atoms with Crippen molar-refractivity contribution in [3.8, 4) is 0 Å². The van der Waals surface area contributed by atoms with Crippen LogP contribution < -0.4 is 5.73 Å². The molecule has 0 atom stereocenters. The van der Waals surface area contributed by atoms with Crippen molar-refractivity contribution in [2.75, 3.05) is 13.6 Å².